The molecule has 7 heteroatoms. The summed E-state index contributed by atoms with van der Waals surface area (Å²) >= 11 is 0. The fourth-order valence-corrected chi connectivity index (χ4v) is 2.75. The minimum atomic E-state index is -0.485. The quantitative estimate of drug-likeness (QED) is 0.291. The number of benzene rings is 1. The van der Waals surface area contributed by atoms with E-state index in [9.17, 15) is 10.1 Å². The molecule has 0 unspecified atom stereocenters. The summed E-state index contributed by atoms with van der Waals surface area (Å²) in [5.74, 6) is 0.623. The van der Waals surface area contributed by atoms with E-state index in [2.05, 4.69) is 17.0 Å². The van der Waals surface area contributed by atoms with Crippen LogP contribution in [-0.2, 0) is 0 Å². The molecule has 0 atom stereocenters. The predicted octanol–water partition coefficient (Wildman–Crippen LogP) is 2.32. The largest absolute Gasteiger partial charge is 0.409 e. The van der Waals surface area contributed by atoms with Crippen LogP contribution < -0.4 is 10.6 Å². The van der Waals surface area contributed by atoms with Crippen LogP contribution in [0.4, 0.5) is 11.4 Å². The van der Waals surface area contributed by atoms with Crippen molar-refractivity contribution >= 4 is 17.2 Å². The van der Waals surface area contributed by atoms with Crippen molar-refractivity contribution in [1.82, 2.24) is 0 Å². The SMILES string of the molecule is CCC1CCN(c2ccc([N+](=O)[O-])cc2C(N)=NO)CC1. The van der Waals surface area contributed by atoms with E-state index < -0.39 is 4.92 Å². The van der Waals surface area contributed by atoms with Gasteiger partial charge in [0.1, 0.15) is 0 Å². The molecule has 0 bridgehead atoms. The van der Waals surface area contributed by atoms with Crippen molar-refractivity contribution in [2.45, 2.75) is 26.2 Å². The van der Waals surface area contributed by atoms with Gasteiger partial charge in [-0.15, -0.1) is 0 Å². The Balaban J connectivity index is 2.32. The number of rotatable bonds is 4. The highest BCUT2D eigenvalue weighted by Gasteiger charge is 2.22. The van der Waals surface area contributed by atoms with Crippen molar-refractivity contribution in [3.05, 3.63) is 33.9 Å². The molecule has 1 aliphatic rings. The van der Waals surface area contributed by atoms with Crippen LogP contribution >= 0.6 is 0 Å². The lowest BCUT2D eigenvalue weighted by Gasteiger charge is -2.34. The van der Waals surface area contributed by atoms with E-state index in [0.29, 0.717) is 5.56 Å². The highest BCUT2D eigenvalue weighted by Crippen LogP contribution is 2.30. The predicted molar refractivity (Wildman–Crippen MR) is 80.8 cm³/mol. The van der Waals surface area contributed by atoms with Gasteiger partial charge in [-0.2, -0.15) is 0 Å². The number of hydrogen-bond donors (Lipinski definition) is 2. The van der Waals surface area contributed by atoms with E-state index in [1.807, 2.05) is 0 Å². The Morgan fingerprint density at radius 1 is 1.52 bits per heavy atom. The van der Waals surface area contributed by atoms with Crippen LogP contribution in [0.25, 0.3) is 0 Å². The van der Waals surface area contributed by atoms with E-state index in [1.54, 1.807) is 6.07 Å². The zero-order valence-corrected chi connectivity index (χ0v) is 12.0. The molecule has 0 aliphatic carbocycles. The van der Waals surface area contributed by atoms with Crippen LogP contribution in [0.1, 0.15) is 31.7 Å². The van der Waals surface area contributed by atoms with E-state index in [1.165, 1.54) is 18.6 Å². The normalized spacial score (nSPS) is 17.0. The van der Waals surface area contributed by atoms with Crippen molar-refractivity contribution in [2.24, 2.45) is 16.8 Å². The third-order valence-electron chi connectivity index (χ3n) is 4.11. The molecule has 0 saturated carbocycles. The Bertz CT molecular complexity index is 551. The Hall–Kier alpha value is -2.31. The first-order valence-corrected chi connectivity index (χ1v) is 7.08. The van der Waals surface area contributed by atoms with Gasteiger partial charge in [0.2, 0.25) is 0 Å². The first-order valence-electron chi connectivity index (χ1n) is 7.08. The number of nitro benzene ring substituents is 1. The number of non-ortho nitro benzene ring substituents is 1. The Morgan fingerprint density at radius 3 is 2.71 bits per heavy atom. The van der Waals surface area contributed by atoms with Crippen LogP contribution in [0.2, 0.25) is 0 Å². The van der Waals surface area contributed by atoms with Gasteiger partial charge in [-0.25, -0.2) is 0 Å². The van der Waals surface area contributed by atoms with Crippen molar-refractivity contribution in [2.75, 3.05) is 18.0 Å². The number of nitrogens with two attached hydrogens (primary N) is 1. The minimum Gasteiger partial charge on any atom is -0.409 e. The summed E-state index contributed by atoms with van der Waals surface area (Å²) in [6.07, 6.45) is 3.34. The van der Waals surface area contributed by atoms with Gasteiger partial charge in [-0.3, -0.25) is 10.1 Å². The summed E-state index contributed by atoms with van der Waals surface area (Å²) in [7, 11) is 0. The molecule has 1 aliphatic heterocycles. The third kappa shape index (κ3) is 3.24. The number of nitrogens with zero attached hydrogens (tertiary/aromatic N) is 3. The van der Waals surface area contributed by atoms with Gasteiger partial charge in [0.25, 0.3) is 5.69 Å². The van der Waals surface area contributed by atoms with Crippen molar-refractivity contribution < 1.29 is 10.1 Å². The van der Waals surface area contributed by atoms with Crippen LogP contribution in [-0.4, -0.2) is 29.1 Å². The molecular weight excluding hydrogens is 272 g/mol. The number of anilines is 1. The second-order valence-electron chi connectivity index (χ2n) is 5.28. The summed E-state index contributed by atoms with van der Waals surface area (Å²) in [4.78, 5) is 12.5. The molecule has 21 heavy (non-hydrogen) atoms. The maximum atomic E-state index is 10.9. The number of nitro groups is 1. The average Bonchev–Trinajstić information content (AvgIpc) is 2.53. The first-order chi connectivity index (χ1) is 10.1. The van der Waals surface area contributed by atoms with Crippen LogP contribution in [0.5, 0.6) is 0 Å². The average molecular weight is 292 g/mol. The lowest BCUT2D eigenvalue weighted by Crippen LogP contribution is -2.35. The molecule has 1 saturated heterocycles. The molecule has 114 valence electrons. The number of piperidine rings is 1. The van der Waals surface area contributed by atoms with Gasteiger partial charge < -0.3 is 15.8 Å². The van der Waals surface area contributed by atoms with Gasteiger partial charge in [-0.1, -0.05) is 18.5 Å². The Morgan fingerprint density at radius 2 is 2.19 bits per heavy atom. The lowest BCUT2D eigenvalue weighted by atomic mass is 9.93. The Kier molecular flexibility index (Phi) is 4.62. The molecule has 0 radical (unpaired) electrons. The topological polar surface area (TPSA) is 105 Å². The number of oxime groups is 1. The fraction of sp³-hybridized carbons (Fsp3) is 0.500. The van der Waals surface area contributed by atoms with Gasteiger partial charge >= 0.3 is 0 Å². The number of amidine groups is 1. The summed E-state index contributed by atoms with van der Waals surface area (Å²) in [6.45, 7) is 3.94. The fourth-order valence-electron chi connectivity index (χ4n) is 2.75. The summed E-state index contributed by atoms with van der Waals surface area (Å²) in [5.41, 5.74) is 6.80. The lowest BCUT2D eigenvalue weighted by molar-refractivity contribution is -0.384. The maximum Gasteiger partial charge on any atom is 0.270 e. The minimum absolute atomic E-state index is 0.0659. The molecule has 1 aromatic rings. The molecule has 0 spiro atoms. The highest BCUT2D eigenvalue weighted by atomic mass is 16.6. The monoisotopic (exact) mass is 292 g/mol. The molecular formula is C14H20N4O3. The Labute approximate surface area is 123 Å². The summed E-state index contributed by atoms with van der Waals surface area (Å²) in [5, 5.41) is 22.8. The van der Waals surface area contributed by atoms with E-state index in [-0.39, 0.29) is 11.5 Å². The maximum absolute atomic E-state index is 10.9. The van der Waals surface area contributed by atoms with Crippen LogP contribution in [0.3, 0.4) is 0 Å². The first kappa shape index (κ1) is 15.1. The van der Waals surface area contributed by atoms with Crippen LogP contribution in [0.15, 0.2) is 23.4 Å². The molecule has 2 rings (SSSR count). The van der Waals surface area contributed by atoms with Crippen LogP contribution in [0, 0.1) is 16.0 Å². The molecule has 1 heterocycles. The van der Waals surface area contributed by atoms with E-state index >= 15 is 0 Å². The molecule has 7 nitrogen and oxygen atoms in total. The molecule has 0 aromatic heterocycles. The summed E-state index contributed by atoms with van der Waals surface area (Å²) in [6, 6.07) is 4.49. The molecule has 3 N–H and O–H groups in total. The standard InChI is InChI=1S/C14H20N4O3/c1-2-10-5-7-17(8-6-10)13-4-3-11(18(20)21)9-12(13)14(15)16-19/h3-4,9-10,19H,2,5-8H2,1H3,(H2,15,16). The van der Waals surface area contributed by atoms with Gasteiger partial charge in [0.15, 0.2) is 5.84 Å². The summed E-state index contributed by atoms with van der Waals surface area (Å²) < 4.78 is 0. The van der Waals surface area contributed by atoms with E-state index in [4.69, 9.17) is 10.9 Å². The second kappa shape index (κ2) is 6.43. The molecule has 0 amide bonds. The highest BCUT2D eigenvalue weighted by molar-refractivity contribution is 6.02. The number of hydrogen-bond acceptors (Lipinski definition) is 5. The van der Waals surface area contributed by atoms with Gasteiger partial charge in [0, 0.05) is 30.9 Å². The van der Waals surface area contributed by atoms with E-state index in [0.717, 1.165) is 37.5 Å². The zero-order chi connectivity index (χ0) is 15.4. The smallest absolute Gasteiger partial charge is 0.270 e. The van der Waals surface area contributed by atoms with Crippen molar-refractivity contribution in [3.63, 3.8) is 0 Å². The molecule has 1 aromatic carbocycles. The zero-order valence-electron chi connectivity index (χ0n) is 12.0. The van der Waals surface area contributed by atoms with Gasteiger partial charge in [-0.05, 0) is 24.8 Å². The van der Waals surface area contributed by atoms with Crippen molar-refractivity contribution in [1.29, 1.82) is 0 Å². The second-order valence-corrected chi connectivity index (χ2v) is 5.28. The van der Waals surface area contributed by atoms with Gasteiger partial charge in [0.05, 0.1) is 10.5 Å². The third-order valence-corrected chi connectivity index (χ3v) is 4.11. The molecule has 1 fully saturated rings. The van der Waals surface area contributed by atoms with Crippen molar-refractivity contribution in [3.8, 4) is 0 Å².